The van der Waals surface area contributed by atoms with Gasteiger partial charge in [-0.1, -0.05) is 24.3 Å². The minimum absolute atomic E-state index is 0.00347. The van der Waals surface area contributed by atoms with Gasteiger partial charge in [-0.05, 0) is 54.7 Å². The summed E-state index contributed by atoms with van der Waals surface area (Å²) < 4.78 is 6.03. The van der Waals surface area contributed by atoms with Crippen LogP contribution in [-0.2, 0) is 24.1 Å². The second-order valence-electron chi connectivity index (χ2n) is 6.46. The van der Waals surface area contributed by atoms with Gasteiger partial charge in [0.05, 0.1) is 6.04 Å². The van der Waals surface area contributed by atoms with Crippen LogP contribution in [0.25, 0.3) is 0 Å². The molecule has 0 spiro atoms. The molecular weight excluding hydrogens is 302 g/mol. The Balaban J connectivity index is 1.62. The van der Waals surface area contributed by atoms with Gasteiger partial charge in [-0.3, -0.25) is 4.79 Å². The standard InChI is InChI=1S/C20H23NO3/c1-13(21-14(2)22)19-12-17-8-5-16(11-20(17)24-19)4-3-15-6-9-18(23)10-7-15/h5-11,13,19,23H,3-4,12H2,1-2H3,(H,21,22)/t13-,19+/m1/s1. The number of aryl methyl sites for hydroxylation is 2. The zero-order valence-corrected chi connectivity index (χ0v) is 14.1. The number of amides is 1. The van der Waals surface area contributed by atoms with Crippen molar-refractivity contribution in [3.05, 3.63) is 59.2 Å². The molecule has 1 heterocycles. The lowest BCUT2D eigenvalue weighted by atomic mass is 10.0. The van der Waals surface area contributed by atoms with E-state index in [0.29, 0.717) is 5.75 Å². The van der Waals surface area contributed by atoms with Crippen molar-refractivity contribution < 1.29 is 14.6 Å². The van der Waals surface area contributed by atoms with Crippen LogP contribution in [0.4, 0.5) is 0 Å². The number of ether oxygens (including phenoxy) is 1. The molecule has 0 aliphatic carbocycles. The highest BCUT2D eigenvalue weighted by molar-refractivity contribution is 5.73. The Morgan fingerprint density at radius 1 is 1.21 bits per heavy atom. The summed E-state index contributed by atoms with van der Waals surface area (Å²) in [6.45, 7) is 3.50. The number of hydrogen-bond donors (Lipinski definition) is 2. The summed E-state index contributed by atoms with van der Waals surface area (Å²) in [6.07, 6.45) is 2.67. The summed E-state index contributed by atoms with van der Waals surface area (Å²) in [7, 11) is 0. The van der Waals surface area contributed by atoms with Crippen molar-refractivity contribution in [1.29, 1.82) is 0 Å². The minimum atomic E-state index is -0.0309. The Hall–Kier alpha value is -2.49. The Morgan fingerprint density at radius 3 is 2.58 bits per heavy atom. The van der Waals surface area contributed by atoms with Crippen LogP contribution in [0.5, 0.6) is 11.5 Å². The molecule has 1 aliphatic heterocycles. The summed E-state index contributed by atoms with van der Waals surface area (Å²) in [6, 6.07) is 13.7. The fraction of sp³-hybridized carbons (Fsp3) is 0.350. The molecule has 0 saturated heterocycles. The van der Waals surface area contributed by atoms with Crippen molar-refractivity contribution in [2.45, 2.75) is 45.3 Å². The molecule has 0 fully saturated rings. The highest BCUT2D eigenvalue weighted by Crippen LogP contribution is 2.31. The number of hydrogen-bond acceptors (Lipinski definition) is 3. The molecule has 1 amide bonds. The first kappa shape index (κ1) is 16.4. The number of rotatable bonds is 5. The molecule has 0 radical (unpaired) electrons. The molecule has 2 aromatic carbocycles. The molecule has 0 saturated carbocycles. The second kappa shape index (κ2) is 6.95. The van der Waals surface area contributed by atoms with E-state index < -0.39 is 0 Å². The number of carbonyl (C=O) groups is 1. The van der Waals surface area contributed by atoms with E-state index in [1.165, 1.54) is 23.6 Å². The molecule has 24 heavy (non-hydrogen) atoms. The number of carbonyl (C=O) groups excluding carboxylic acids is 1. The Morgan fingerprint density at radius 2 is 1.88 bits per heavy atom. The number of nitrogens with one attached hydrogen (secondary N) is 1. The lowest BCUT2D eigenvalue weighted by Gasteiger charge is -2.19. The topological polar surface area (TPSA) is 58.6 Å². The highest BCUT2D eigenvalue weighted by atomic mass is 16.5. The molecule has 1 aliphatic rings. The van der Waals surface area contributed by atoms with E-state index in [1.807, 2.05) is 19.1 Å². The van der Waals surface area contributed by atoms with Crippen LogP contribution in [0.15, 0.2) is 42.5 Å². The predicted molar refractivity (Wildman–Crippen MR) is 93.4 cm³/mol. The van der Waals surface area contributed by atoms with Crippen LogP contribution in [0.3, 0.4) is 0 Å². The van der Waals surface area contributed by atoms with E-state index in [1.54, 1.807) is 12.1 Å². The summed E-state index contributed by atoms with van der Waals surface area (Å²) in [4.78, 5) is 11.2. The van der Waals surface area contributed by atoms with E-state index >= 15 is 0 Å². The Kier molecular flexibility index (Phi) is 4.74. The zero-order chi connectivity index (χ0) is 17.1. The SMILES string of the molecule is CC(=O)N[C@H](C)[C@@H]1Cc2ccc(CCc3ccc(O)cc3)cc2O1. The normalized spacial score (nSPS) is 17.0. The zero-order valence-electron chi connectivity index (χ0n) is 14.1. The fourth-order valence-electron chi connectivity index (χ4n) is 3.10. The molecule has 126 valence electrons. The summed E-state index contributed by atoms with van der Waals surface area (Å²) in [5.41, 5.74) is 3.63. The maximum absolute atomic E-state index is 11.2. The Bertz CT molecular complexity index is 724. The van der Waals surface area contributed by atoms with Crippen LogP contribution >= 0.6 is 0 Å². The molecule has 0 bridgehead atoms. The quantitative estimate of drug-likeness (QED) is 0.888. The third kappa shape index (κ3) is 3.88. The maximum atomic E-state index is 11.2. The van der Waals surface area contributed by atoms with Crippen LogP contribution in [0, 0.1) is 0 Å². The molecule has 0 unspecified atom stereocenters. The van der Waals surface area contributed by atoms with Gasteiger partial charge in [0.15, 0.2) is 0 Å². The largest absolute Gasteiger partial charge is 0.508 e. The molecule has 4 nitrogen and oxygen atoms in total. The van der Waals surface area contributed by atoms with Crippen LogP contribution in [0.2, 0.25) is 0 Å². The van der Waals surface area contributed by atoms with Gasteiger partial charge < -0.3 is 15.2 Å². The summed E-state index contributed by atoms with van der Waals surface area (Å²) >= 11 is 0. The molecule has 0 aromatic heterocycles. The molecule has 2 atom stereocenters. The van der Waals surface area contributed by atoms with Crippen molar-refractivity contribution in [2.24, 2.45) is 0 Å². The van der Waals surface area contributed by atoms with E-state index in [0.717, 1.165) is 25.0 Å². The number of phenolic OH excluding ortho intramolecular Hbond substituents is 1. The van der Waals surface area contributed by atoms with Crippen molar-refractivity contribution in [3.63, 3.8) is 0 Å². The van der Waals surface area contributed by atoms with Gasteiger partial charge in [-0.25, -0.2) is 0 Å². The van der Waals surface area contributed by atoms with Gasteiger partial charge >= 0.3 is 0 Å². The van der Waals surface area contributed by atoms with Gasteiger partial charge in [-0.2, -0.15) is 0 Å². The number of aromatic hydroxyl groups is 1. The van der Waals surface area contributed by atoms with Gasteiger partial charge in [-0.15, -0.1) is 0 Å². The molecule has 2 N–H and O–H groups in total. The smallest absolute Gasteiger partial charge is 0.217 e. The lowest BCUT2D eigenvalue weighted by Crippen LogP contribution is -2.42. The first-order valence-electron chi connectivity index (χ1n) is 8.35. The second-order valence-corrected chi connectivity index (χ2v) is 6.46. The lowest BCUT2D eigenvalue weighted by molar-refractivity contribution is -0.120. The van der Waals surface area contributed by atoms with Gasteiger partial charge in [0.1, 0.15) is 17.6 Å². The van der Waals surface area contributed by atoms with Crippen molar-refractivity contribution in [2.75, 3.05) is 0 Å². The van der Waals surface area contributed by atoms with Crippen LogP contribution < -0.4 is 10.1 Å². The minimum Gasteiger partial charge on any atom is -0.508 e. The van der Waals surface area contributed by atoms with Crippen LogP contribution in [0.1, 0.15) is 30.5 Å². The monoisotopic (exact) mass is 325 g/mol. The third-order valence-corrected chi connectivity index (χ3v) is 4.46. The van der Waals surface area contributed by atoms with E-state index in [-0.39, 0.29) is 18.1 Å². The van der Waals surface area contributed by atoms with Gasteiger partial charge in [0, 0.05) is 13.3 Å². The maximum Gasteiger partial charge on any atom is 0.217 e. The third-order valence-electron chi connectivity index (χ3n) is 4.46. The van der Waals surface area contributed by atoms with Crippen molar-refractivity contribution in [3.8, 4) is 11.5 Å². The summed E-state index contributed by atoms with van der Waals surface area (Å²) in [5, 5.41) is 12.2. The fourth-order valence-corrected chi connectivity index (χ4v) is 3.10. The van der Waals surface area contributed by atoms with Gasteiger partial charge in [0.25, 0.3) is 0 Å². The highest BCUT2D eigenvalue weighted by Gasteiger charge is 2.28. The average molecular weight is 325 g/mol. The molecule has 3 rings (SSSR count). The average Bonchev–Trinajstić information content (AvgIpc) is 2.97. The van der Waals surface area contributed by atoms with E-state index in [9.17, 15) is 9.90 Å². The number of fused-ring (bicyclic) bond motifs is 1. The number of phenols is 1. The van der Waals surface area contributed by atoms with Crippen LogP contribution in [-0.4, -0.2) is 23.2 Å². The molecular formula is C20H23NO3. The van der Waals surface area contributed by atoms with Crippen molar-refractivity contribution >= 4 is 5.91 Å². The predicted octanol–water partition coefficient (Wildman–Crippen LogP) is 3.01. The van der Waals surface area contributed by atoms with Crippen molar-refractivity contribution in [1.82, 2.24) is 5.32 Å². The molecule has 4 heteroatoms. The number of benzene rings is 2. The Labute approximate surface area is 142 Å². The first-order chi connectivity index (χ1) is 11.5. The van der Waals surface area contributed by atoms with E-state index in [2.05, 4.69) is 23.5 Å². The first-order valence-corrected chi connectivity index (χ1v) is 8.35. The summed E-state index contributed by atoms with van der Waals surface area (Å²) in [5.74, 6) is 1.20. The van der Waals surface area contributed by atoms with Gasteiger partial charge in [0.2, 0.25) is 5.91 Å². The molecule has 2 aromatic rings. The van der Waals surface area contributed by atoms with E-state index in [4.69, 9.17) is 4.74 Å².